The summed E-state index contributed by atoms with van der Waals surface area (Å²) in [7, 11) is 1.44. The molecule has 45 heavy (non-hydrogen) atoms. The van der Waals surface area contributed by atoms with E-state index in [9.17, 15) is 24.7 Å². The Labute approximate surface area is 272 Å². The highest BCUT2D eigenvalue weighted by atomic mass is 127. The number of aromatic hydroxyl groups is 1. The number of rotatable bonds is 5. The largest absolute Gasteiger partial charge is 0.504 e. The van der Waals surface area contributed by atoms with Crippen LogP contribution in [0.25, 0.3) is 0 Å². The lowest BCUT2D eigenvalue weighted by Crippen LogP contribution is -2.53. The smallest absolute Gasteiger partial charge is 0.260 e. The summed E-state index contributed by atoms with van der Waals surface area (Å²) >= 11 is 2.00. The Bertz CT molecular complexity index is 1790. The van der Waals surface area contributed by atoms with E-state index in [4.69, 9.17) is 4.74 Å². The first-order chi connectivity index (χ1) is 21.6. The number of benzene rings is 3. The average Bonchev–Trinajstić information content (AvgIpc) is 3.40. The van der Waals surface area contributed by atoms with Gasteiger partial charge in [-0.3, -0.25) is 29.8 Å². The van der Waals surface area contributed by atoms with E-state index in [0.717, 1.165) is 16.1 Å². The van der Waals surface area contributed by atoms with Gasteiger partial charge in [0, 0.05) is 5.92 Å². The highest BCUT2D eigenvalue weighted by Crippen LogP contribution is 2.64. The second kappa shape index (κ2) is 10.7. The molecule has 3 N–H and O–H groups in total. The summed E-state index contributed by atoms with van der Waals surface area (Å²) < 4.78 is 6.01. The van der Waals surface area contributed by atoms with Crippen molar-refractivity contribution in [2.75, 3.05) is 12.5 Å². The fourth-order valence-electron chi connectivity index (χ4n) is 8.02. The van der Waals surface area contributed by atoms with Crippen molar-refractivity contribution in [3.05, 3.63) is 98.6 Å². The summed E-state index contributed by atoms with van der Waals surface area (Å²) in [4.78, 5) is 55.9. The molecule has 1 saturated carbocycles. The fraction of sp³-hybridized carbons (Fsp3) is 0.294. The zero-order valence-corrected chi connectivity index (χ0v) is 26.6. The summed E-state index contributed by atoms with van der Waals surface area (Å²) in [5.41, 5.74) is 5.19. The number of carbonyl (C=O) groups is 4. The summed E-state index contributed by atoms with van der Waals surface area (Å²) in [5.74, 6) is -6.04. The lowest BCUT2D eigenvalue weighted by Gasteiger charge is -2.50. The molecule has 0 unspecified atom stereocenters. The summed E-state index contributed by atoms with van der Waals surface area (Å²) in [6.07, 6.45) is 2.22. The maximum Gasteiger partial charge on any atom is 0.260 e. The third-order valence-electron chi connectivity index (χ3n) is 9.97. The Balaban J connectivity index is 1.49. The number of hydrazine groups is 1. The number of nitrogens with zero attached hydrogens (tertiary/aromatic N) is 2. The van der Waals surface area contributed by atoms with Gasteiger partial charge in [0.25, 0.3) is 23.6 Å². The molecule has 2 aliphatic heterocycles. The molecule has 3 aromatic rings. The van der Waals surface area contributed by atoms with Gasteiger partial charge in [-0.1, -0.05) is 59.7 Å². The summed E-state index contributed by atoms with van der Waals surface area (Å²) in [5, 5.41) is 22.4. The Morgan fingerprint density at radius 3 is 2.36 bits per heavy atom. The minimum absolute atomic E-state index is 0.0545. The van der Waals surface area contributed by atoms with Crippen LogP contribution >= 0.6 is 22.6 Å². The van der Waals surface area contributed by atoms with Crippen molar-refractivity contribution in [2.24, 2.45) is 23.7 Å². The number of imide groups is 2. The molecule has 0 bridgehead atoms. The third-order valence-corrected chi connectivity index (χ3v) is 10.8. The number of phenolic OH excluding ortho intramolecular Hbond substituents is 1. The Morgan fingerprint density at radius 1 is 0.956 bits per heavy atom. The molecule has 6 atom stereocenters. The molecule has 4 amide bonds. The first-order valence-electron chi connectivity index (χ1n) is 14.7. The summed E-state index contributed by atoms with van der Waals surface area (Å²) in [6.45, 7) is 1.94. The molecule has 2 heterocycles. The van der Waals surface area contributed by atoms with E-state index in [1.165, 1.54) is 7.11 Å². The van der Waals surface area contributed by atoms with Gasteiger partial charge >= 0.3 is 0 Å². The van der Waals surface area contributed by atoms with E-state index < -0.39 is 58.6 Å². The number of hydroxylamine groups is 2. The van der Waals surface area contributed by atoms with Gasteiger partial charge in [0.1, 0.15) is 0 Å². The molecule has 11 heteroatoms. The molecule has 230 valence electrons. The predicted molar refractivity (Wildman–Crippen MR) is 170 cm³/mol. The quantitative estimate of drug-likeness (QED) is 0.150. The minimum Gasteiger partial charge on any atom is -0.504 e. The molecule has 2 aliphatic carbocycles. The zero-order chi connectivity index (χ0) is 31.8. The molecule has 7 rings (SSSR count). The van der Waals surface area contributed by atoms with E-state index in [1.54, 1.807) is 24.3 Å². The second-order valence-corrected chi connectivity index (χ2v) is 13.3. The predicted octanol–water partition coefficient (Wildman–Crippen LogP) is 4.69. The van der Waals surface area contributed by atoms with Gasteiger partial charge in [0.15, 0.2) is 11.5 Å². The van der Waals surface area contributed by atoms with Gasteiger partial charge < -0.3 is 9.84 Å². The van der Waals surface area contributed by atoms with Crippen molar-refractivity contribution in [1.29, 1.82) is 0 Å². The van der Waals surface area contributed by atoms with Crippen molar-refractivity contribution in [1.82, 2.24) is 10.1 Å². The number of allylic oxidation sites excluding steroid dienone is 2. The van der Waals surface area contributed by atoms with Gasteiger partial charge in [-0.25, -0.2) is 0 Å². The van der Waals surface area contributed by atoms with Crippen LogP contribution in [0.3, 0.4) is 0 Å². The molecule has 3 fully saturated rings. The third kappa shape index (κ3) is 4.16. The van der Waals surface area contributed by atoms with Crippen LogP contribution in [0.5, 0.6) is 11.5 Å². The van der Waals surface area contributed by atoms with E-state index >= 15 is 4.79 Å². The van der Waals surface area contributed by atoms with E-state index in [0.29, 0.717) is 20.4 Å². The first kappa shape index (κ1) is 29.5. The van der Waals surface area contributed by atoms with Crippen LogP contribution in [0.4, 0.5) is 5.69 Å². The highest BCUT2D eigenvalue weighted by Gasteiger charge is 2.70. The van der Waals surface area contributed by atoms with Gasteiger partial charge in [0.05, 0.1) is 39.5 Å². The molecule has 0 radical (unpaired) electrons. The molecule has 3 aromatic carbocycles. The lowest BCUT2D eigenvalue weighted by molar-refractivity contribution is -0.173. The van der Waals surface area contributed by atoms with Crippen molar-refractivity contribution >= 4 is 51.9 Å². The highest BCUT2D eigenvalue weighted by molar-refractivity contribution is 14.1. The van der Waals surface area contributed by atoms with Crippen LogP contribution in [0, 0.1) is 34.2 Å². The number of phenols is 1. The first-order valence-corrected chi connectivity index (χ1v) is 15.8. The van der Waals surface area contributed by atoms with E-state index in [-0.39, 0.29) is 29.4 Å². The molecule has 0 spiro atoms. The number of nitrogens with one attached hydrogen (secondary N) is 1. The Morgan fingerprint density at radius 2 is 1.67 bits per heavy atom. The Kier molecular flexibility index (Phi) is 7.00. The summed E-state index contributed by atoms with van der Waals surface area (Å²) in [6, 6.07) is 20.0. The second-order valence-electron chi connectivity index (χ2n) is 12.1. The number of anilines is 1. The van der Waals surface area contributed by atoms with Crippen LogP contribution < -0.4 is 10.2 Å². The van der Waals surface area contributed by atoms with E-state index in [1.807, 2.05) is 78.1 Å². The van der Waals surface area contributed by atoms with Crippen LogP contribution in [0.2, 0.25) is 0 Å². The van der Waals surface area contributed by atoms with Crippen LogP contribution in [-0.2, 0) is 24.6 Å². The van der Waals surface area contributed by atoms with Gasteiger partial charge in [0.2, 0.25) is 0 Å². The molecular weight excluding hydrogens is 689 g/mol. The van der Waals surface area contributed by atoms with Crippen molar-refractivity contribution in [3.63, 3.8) is 0 Å². The van der Waals surface area contributed by atoms with Crippen LogP contribution in [0.15, 0.2) is 78.4 Å². The molecule has 2 saturated heterocycles. The number of aryl methyl sites for hydroxylation is 1. The standard InChI is InChI=1S/C34H30IN3O7/c1-17-8-10-20(11-9-17)36-37-31(41)24-16-23-21(12-13-22-27(23)32(42)38(44)30(22)40)28(18-14-25(35)29(39)26(15-18)45-2)34(24,33(37)43)19-6-4-3-5-7-19/h3-12,14-15,22-24,27-28,36,39,44H,13,16H2,1-2H3/t22-,23+,24-,27-,28-,34+/m0/s1. The van der Waals surface area contributed by atoms with Crippen LogP contribution in [-0.4, -0.2) is 51.1 Å². The fourth-order valence-corrected chi connectivity index (χ4v) is 8.65. The normalized spacial score (nSPS) is 28.9. The topological polar surface area (TPSA) is 136 Å². The van der Waals surface area contributed by atoms with E-state index in [2.05, 4.69) is 5.43 Å². The average molecular weight is 720 g/mol. The van der Waals surface area contributed by atoms with Gasteiger partial charge in [-0.15, -0.1) is 0 Å². The Hall–Kier alpha value is -4.23. The number of amides is 4. The number of halogens is 1. The number of fused-ring (bicyclic) bond motifs is 4. The number of ether oxygens (including phenoxy) is 1. The number of methoxy groups -OCH3 is 1. The lowest BCUT2D eigenvalue weighted by atomic mass is 9.49. The van der Waals surface area contributed by atoms with Gasteiger partial charge in [-0.2, -0.15) is 10.1 Å². The molecule has 10 nitrogen and oxygen atoms in total. The maximum atomic E-state index is 15.1. The number of hydrogen-bond donors (Lipinski definition) is 3. The SMILES string of the molecule is COc1cc([C@H]2C3=CC[C@@H]4C(=O)N(O)C(=O)[C@@H]4[C@@H]3C[C@H]3C(=O)N(Nc4ccc(C)cc4)C(=O)[C@@]23c2ccccc2)cc(I)c1O. The maximum absolute atomic E-state index is 15.1. The molecule has 4 aliphatic rings. The van der Waals surface area contributed by atoms with Crippen LogP contribution in [0.1, 0.15) is 35.4 Å². The van der Waals surface area contributed by atoms with Crippen molar-refractivity contribution < 1.29 is 34.2 Å². The molecule has 0 aromatic heterocycles. The van der Waals surface area contributed by atoms with Crippen molar-refractivity contribution in [2.45, 2.75) is 31.1 Å². The minimum atomic E-state index is -1.44. The number of carbonyl (C=O) groups excluding carboxylic acids is 4. The zero-order valence-electron chi connectivity index (χ0n) is 24.4. The van der Waals surface area contributed by atoms with Crippen molar-refractivity contribution in [3.8, 4) is 11.5 Å². The van der Waals surface area contributed by atoms with Gasteiger partial charge in [-0.05, 0) is 83.7 Å². The molecular formula is C34H30IN3O7. The monoisotopic (exact) mass is 719 g/mol. The number of hydrogen-bond acceptors (Lipinski definition) is 8.